The van der Waals surface area contributed by atoms with E-state index in [-0.39, 0.29) is 18.2 Å². The standard InChI is InChI=1S/C21H21Cl2N5O2/c1-13-20(26-27-28(13)12-16-6-7-18(22)19(23)9-16)10-21(30)25-17-5-3-4-15(8-17)11-24-14(2)29/h3-9H,10-12H2,1-2H3,(H,24,29)(H,25,30). The summed E-state index contributed by atoms with van der Waals surface area (Å²) in [6.07, 6.45) is 0.100. The van der Waals surface area contributed by atoms with E-state index in [2.05, 4.69) is 20.9 Å². The number of hydrogen-bond donors (Lipinski definition) is 2. The lowest BCUT2D eigenvalue weighted by atomic mass is 10.2. The van der Waals surface area contributed by atoms with E-state index < -0.39 is 0 Å². The van der Waals surface area contributed by atoms with Gasteiger partial charge in [-0.2, -0.15) is 0 Å². The minimum absolute atomic E-state index is 0.100. The first-order chi connectivity index (χ1) is 14.3. The van der Waals surface area contributed by atoms with Gasteiger partial charge in [-0.05, 0) is 42.3 Å². The molecule has 0 bridgehead atoms. The SMILES string of the molecule is CC(=O)NCc1cccc(NC(=O)Cc2nnn(Cc3ccc(Cl)c(Cl)c3)c2C)c1. The molecule has 0 spiro atoms. The molecule has 0 saturated heterocycles. The molecule has 0 aliphatic rings. The van der Waals surface area contributed by atoms with Gasteiger partial charge in [-0.25, -0.2) is 4.68 Å². The van der Waals surface area contributed by atoms with Crippen molar-refractivity contribution in [1.82, 2.24) is 20.3 Å². The number of hydrogen-bond acceptors (Lipinski definition) is 4. The molecule has 2 N–H and O–H groups in total. The molecule has 1 heterocycles. The molecule has 3 rings (SSSR count). The fourth-order valence-corrected chi connectivity index (χ4v) is 3.18. The minimum Gasteiger partial charge on any atom is -0.352 e. The normalized spacial score (nSPS) is 10.7. The van der Waals surface area contributed by atoms with Crippen LogP contribution in [0.4, 0.5) is 5.69 Å². The Bertz CT molecular complexity index is 1080. The van der Waals surface area contributed by atoms with Crippen molar-refractivity contribution in [3.8, 4) is 0 Å². The third kappa shape index (κ3) is 5.81. The molecular formula is C21H21Cl2N5O2. The summed E-state index contributed by atoms with van der Waals surface area (Å²) in [5, 5.41) is 14.9. The molecule has 0 fully saturated rings. The van der Waals surface area contributed by atoms with Gasteiger partial charge in [0.1, 0.15) is 0 Å². The summed E-state index contributed by atoms with van der Waals surface area (Å²) >= 11 is 12.0. The van der Waals surface area contributed by atoms with Crippen LogP contribution in [0, 0.1) is 6.92 Å². The Morgan fingerprint density at radius 1 is 1.07 bits per heavy atom. The molecule has 0 atom stereocenters. The van der Waals surface area contributed by atoms with Crippen LogP contribution in [0.25, 0.3) is 0 Å². The molecule has 2 aromatic carbocycles. The van der Waals surface area contributed by atoms with Crippen LogP contribution >= 0.6 is 23.2 Å². The van der Waals surface area contributed by atoms with Crippen molar-refractivity contribution in [2.75, 3.05) is 5.32 Å². The summed E-state index contributed by atoms with van der Waals surface area (Å²) in [6.45, 7) is 4.21. The predicted octanol–water partition coefficient (Wildman–Crippen LogP) is 3.76. The number of aromatic nitrogens is 3. The third-order valence-electron chi connectivity index (χ3n) is 4.47. The van der Waals surface area contributed by atoms with E-state index in [0.717, 1.165) is 16.8 Å². The minimum atomic E-state index is -0.198. The second kappa shape index (κ2) is 9.73. The molecule has 0 aliphatic heterocycles. The van der Waals surface area contributed by atoms with Crippen molar-refractivity contribution < 1.29 is 9.59 Å². The number of carbonyl (C=O) groups is 2. The Labute approximate surface area is 184 Å². The largest absolute Gasteiger partial charge is 0.352 e. The predicted molar refractivity (Wildman–Crippen MR) is 117 cm³/mol. The molecule has 0 unspecified atom stereocenters. The Hall–Kier alpha value is -2.90. The van der Waals surface area contributed by atoms with Crippen molar-refractivity contribution in [2.24, 2.45) is 0 Å². The molecule has 7 nitrogen and oxygen atoms in total. The Morgan fingerprint density at radius 3 is 2.60 bits per heavy atom. The molecule has 3 aromatic rings. The number of halogens is 2. The first-order valence-electron chi connectivity index (χ1n) is 9.28. The maximum atomic E-state index is 12.5. The van der Waals surface area contributed by atoms with Crippen molar-refractivity contribution in [1.29, 1.82) is 0 Å². The zero-order valence-electron chi connectivity index (χ0n) is 16.6. The lowest BCUT2D eigenvalue weighted by molar-refractivity contribution is -0.119. The fraction of sp³-hybridized carbons (Fsp3) is 0.238. The van der Waals surface area contributed by atoms with Crippen LogP contribution in [-0.4, -0.2) is 26.8 Å². The second-order valence-electron chi connectivity index (χ2n) is 6.86. The summed E-state index contributed by atoms with van der Waals surface area (Å²) in [5.74, 6) is -0.305. The number of benzene rings is 2. The molecule has 30 heavy (non-hydrogen) atoms. The summed E-state index contributed by atoms with van der Waals surface area (Å²) < 4.78 is 1.72. The van der Waals surface area contributed by atoms with Crippen LogP contribution in [0.5, 0.6) is 0 Å². The number of rotatable bonds is 7. The molecule has 0 aliphatic carbocycles. The van der Waals surface area contributed by atoms with Gasteiger partial charge in [0.2, 0.25) is 11.8 Å². The topological polar surface area (TPSA) is 88.9 Å². The number of anilines is 1. The Balaban J connectivity index is 1.63. The van der Waals surface area contributed by atoms with Gasteiger partial charge in [-0.3, -0.25) is 9.59 Å². The average molecular weight is 446 g/mol. The molecule has 2 amide bonds. The monoisotopic (exact) mass is 445 g/mol. The van der Waals surface area contributed by atoms with E-state index >= 15 is 0 Å². The summed E-state index contributed by atoms with van der Waals surface area (Å²) in [5.41, 5.74) is 3.89. The molecule has 1 aromatic heterocycles. The van der Waals surface area contributed by atoms with Gasteiger partial charge in [-0.1, -0.05) is 46.6 Å². The van der Waals surface area contributed by atoms with E-state index in [9.17, 15) is 9.59 Å². The average Bonchev–Trinajstić information content (AvgIpc) is 3.03. The first-order valence-corrected chi connectivity index (χ1v) is 10.0. The highest BCUT2D eigenvalue weighted by atomic mass is 35.5. The van der Waals surface area contributed by atoms with Gasteiger partial charge in [0, 0.05) is 19.2 Å². The smallest absolute Gasteiger partial charge is 0.230 e. The van der Waals surface area contributed by atoms with Crippen molar-refractivity contribution in [3.05, 3.63) is 75.0 Å². The Kier molecular flexibility index (Phi) is 7.07. The van der Waals surface area contributed by atoms with E-state index in [1.165, 1.54) is 6.92 Å². The van der Waals surface area contributed by atoms with E-state index in [1.807, 2.05) is 31.2 Å². The Morgan fingerprint density at radius 2 is 1.87 bits per heavy atom. The van der Waals surface area contributed by atoms with Gasteiger partial charge in [0.15, 0.2) is 0 Å². The van der Waals surface area contributed by atoms with Crippen LogP contribution in [0.3, 0.4) is 0 Å². The molecular weight excluding hydrogens is 425 g/mol. The number of amides is 2. The molecule has 0 radical (unpaired) electrons. The summed E-state index contributed by atoms with van der Waals surface area (Å²) in [4.78, 5) is 23.5. The van der Waals surface area contributed by atoms with Gasteiger partial charge in [-0.15, -0.1) is 5.10 Å². The van der Waals surface area contributed by atoms with Crippen molar-refractivity contribution >= 4 is 40.7 Å². The van der Waals surface area contributed by atoms with Gasteiger partial charge in [0.05, 0.1) is 34.4 Å². The van der Waals surface area contributed by atoms with Crippen LogP contribution in [0.1, 0.15) is 29.4 Å². The number of nitrogens with one attached hydrogen (secondary N) is 2. The quantitative estimate of drug-likeness (QED) is 0.579. The molecule has 0 saturated carbocycles. The van der Waals surface area contributed by atoms with Crippen LogP contribution in [0.2, 0.25) is 10.0 Å². The second-order valence-corrected chi connectivity index (χ2v) is 7.68. The molecule has 9 heteroatoms. The first kappa shape index (κ1) is 21.8. The number of carbonyl (C=O) groups excluding carboxylic acids is 2. The number of nitrogens with zero attached hydrogens (tertiary/aromatic N) is 3. The van der Waals surface area contributed by atoms with Crippen LogP contribution in [0.15, 0.2) is 42.5 Å². The maximum absolute atomic E-state index is 12.5. The zero-order valence-corrected chi connectivity index (χ0v) is 18.1. The van der Waals surface area contributed by atoms with Gasteiger partial charge >= 0.3 is 0 Å². The third-order valence-corrected chi connectivity index (χ3v) is 5.21. The van der Waals surface area contributed by atoms with Crippen molar-refractivity contribution in [2.45, 2.75) is 33.4 Å². The summed E-state index contributed by atoms with van der Waals surface area (Å²) in [7, 11) is 0. The fourth-order valence-electron chi connectivity index (χ4n) is 2.86. The maximum Gasteiger partial charge on any atom is 0.230 e. The van der Waals surface area contributed by atoms with Gasteiger partial charge in [0.25, 0.3) is 0 Å². The van der Waals surface area contributed by atoms with E-state index in [1.54, 1.807) is 22.9 Å². The van der Waals surface area contributed by atoms with Crippen LogP contribution < -0.4 is 10.6 Å². The van der Waals surface area contributed by atoms with Crippen molar-refractivity contribution in [3.63, 3.8) is 0 Å². The highest BCUT2D eigenvalue weighted by Gasteiger charge is 2.14. The van der Waals surface area contributed by atoms with Gasteiger partial charge < -0.3 is 10.6 Å². The lowest BCUT2D eigenvalue weighted by Gasteiger charge is -2.08. The van der Waals surface area contributed by atoms with Crippen LogP contribution in [-0.2, 0) is 29.1 Å². The highest BCUT2D eigenvalue weighted by molar-refractivity contribution is 6.42. The van der Waals surface area contributed by atoms with E-state index in [0.29, 0.717) is 34.5 Å². The summed E-state index contributed by atoms with van der Waals surface area (Å²) in [6, 6.07) is 12.7. The highest BCUT2D eigenvalue weighted by Crippen LogP contribution is 2.23. The lowest BCUT2D eigenvalue weighted by Crippen LogP contribution is -2.19. The zero-order chi connectivity index (χ0) is 21.7. The molecule has 156 valence electrons. The van der Waals surface area contributed by atoms with E-state index in [4.69, 9.17) is 23.2 Å².